The molecule has 0 saturated carbocycles. The Balaban J connectivity index is 2.28. The van der Waals surface area contributed by atoms with Crippen LogP contribution in [0.25, 0.3) is 0 Å². The lowest BCUT2D eigenvalue weighted by molar-refractivity contribution is 0.0543. The molecule has 1 aromatic heterocycles. The standard InChI is InChI=1S/C16H24N4O4/c1-15(2,3)23-13(21)19-9-10-20(14(22)24-16(4,5)6)12-11(19)7-8-17-18-12/h7-8H,9-10H2,1-6H3. The normalized spacial score (nSPS) is 14.9. The third-order valence-electron chi connectivity index (χ3n) is 3.00. The second kappa shape index (κ2) is 6.26. The largest absolute Gasteiger partial charge is 0.443 e. The molecule has 1 aromatic rings. The van der Waals surface area contributed by atoms with Gasteiger partial charge in [-0.1, -0.05) is 0 Å². The first-order chi connectivity index (χ1) is 11.0. The van der Waals surface area contributed by atoms with Gasteiger partial charge < -0.3 is 9.47 Å². The summed E-state index contributed by atoms with van der Waals surface area (Å²) in [7, 11) is 0. The highest BCUT2D eigenvalue weighted by atomic mass is 16.6. The second-order valence-electron chi connectivity index (χ2n) is 7.50. The minimum Gasteiger partial charge on any atom is -0.443 e. The fourth-order valence-electron chi connectivity index (χ4n) is 2.15. The van der Waals surface area contributed by atoms with Crippen molar-refractivity contribution in [3.05, 3.63) is 12.3 Å². The Labute approximate surface area is 141 Å². The maximum atomic E-state index is 12.4. The third kappa shape index (κ3) is 4.33. The molecule has 1 aliphatic rings. The summed E-state index contributed by atoms with van der Waals surface area (Å²) in [4.78, 5) is 27.6. The summed E-state index contributed by atoms with van der Waals surface area (Å²) in [5.41, 5.74) is -0.766. The smallest absolute Gasteiger partial charge is 0.416 e. The molecule has 0 aromatic carbocycles. The molecule has 0 saturated heterocycles. The number of ether oxygens (including phenoxy) is 2. The van der Waals surface area contributed by atoms with Gasteiger partial charge in [0.2, 0.25) is 0 Å². The molecule has 24 heavy (non-hydrogen) atoms. The van der Waals surface area contributed by atoms with Crippen molar-refractivity contribution in [2.75, 3.05) is 22.9 Å². The summed E-state index contributed by atoms with van der Waals surface area (Å²) < 4.78 is 10.8. The van der Waals surface area contributed by atoms with Crippen molar-refractivity contribution in [3.63, 3.8) is 0 Å². The van der Waals surface area contributed by atoms with Crippen LogP contribution in [0.5, 0.6) is 0 Å². The van der Waals surface area contributed by atoms with Gasteiger partial charge in [0.1, 0.15) is 11.2 Å². The molecular formula is C16H24N4O4. The van der Waals surface area contributed by atoms with E-state index in [-0.39, 0.29) is 18.9 Å². The van der Waals surface area contributed by atoms with Gasteiger partial charge >= 0.3 is 12.2 Å². The summed E-state index contributed by atoms with van der Waals surface area (Å²) in [6.07, 6.45) is 0.461. The van der Waals surface area contributed by atoms with Crippen LogP contribution in [0.2, 0.25) is 0 Å². The van der Waals surface area contributed by atoms with Crippen LogP contribution in [0.4, 0.5) is 21.1 Å². The highest BCUT2D eigenvalue weighted by molar-refractivity contribution is 5.98. The predicted molar refractivity (Wildman–Crippen MR) is 89.2 cm³/mol. The number of carbonyl (C=O) groups excluding carboxylic acids is 2. The molecule has 132 valence electrons. The average molecular weight is 336 g/mol. The van der Waals surface area contributed by atoms with E-state index in [1.54, 1.807) is 47.6 Å². The molecule has 0 atom stereocenters. The maximum absolute atomic E-state index is 12.4. The van der Waals surface area contributed by atoms with E-state index in [2.05, 4.69) is 10.2 Å². The fourth-order valence-corrected chi connectivity index (χ4v) is 2.15. The third-order valence-corrected chi connectivity index (χ3v) is 3.00. The van der Waals surface area contributed by atoms with E-state index in [1.807, 2.05) is 0 Å². The summed E-state index contributed by atoms with van der Waals surface area (Å²) in [5.74, 6) is 0.281. The Hall–Kier alpha value is -2.38. The number of rotatable bonds is 0. The van der Waals surface area contributed by atoms with E-state index >= 15 is 0 Å². The highest BCUT2D eigenvalue weighted by Gasteiger charge is 2.35. The molecule has 0 radical (unpaired) electrons. The first-order valence-electron chi connectivity index (χ1n) is 7.81. The van der Waals surface area contributed by atoms with Crippen molar-refractivity contribution < 1.29 is 19.1 Å². The Morgan fingerprint density at radius 3 is 2.00 bits per heavy atom. The topological polar surface area (TPSA) is 84.9 Å². The minimum atomic E-state index is -0.623. The Morgan fingerprint density at radius 2 is 1.46 bits per heavy atom. The van der Waals surface area contributed by atoms with Gasteiger partial charge in [-0.15, -0.1) is 5.10 Å². The lowest BCUT2D eigenvalue weighted by Gasteiger charge is -2.36. The zero-order valence-electron chi connectivity index (χ0n) is 15.0. The van der Waals surface area contributed by atoms with Gasteiger partial charge in [-0.05, 0) is 47.6 Å². The van der Waals surface area contributed by atoms with E-state index in [0.717, 1.165) is 0 Å². The predicted octanol–water partition coefficient (Wildman–Crippen LogP) is 2.97. The molecule has 1 aliphatic heterocycles. The van der Waals surface area contributed by atoms with E-state index in [4.69, 9.17) is 9.47 Å². The Bertz CT molecular complexity index is 579. The maximum Gasteiger partial charge on any atom is 0.416 e. The number of fused-ring (bicyclic) bond motifs is 1. The van der Waals surface area contributed by atoms with Gasteiger partial charge in [0.05, 0.1) is 11.9 Å². The summed E-state index contributed by atoms with van der Waals surface area (Å²) in [6.45, 7) is 11.3. The molecule has 2 heterocycles. The fraction of sp³-hybridized carbons (Fsp3) is 0.625. The quantitative estimate of drug-likeness (QED) is 0.724. The zero-order valence-corrected chi connectivity index (χ0v) is 15.0. The molecule has 8 nitrogen and oxygen atoms in total. The lowest BCUT2D eigenvalue weighted by atomic mass is 10.2. The molecular weight excluding hydrogens is 312 g/mol. The number of amides is 2. The summed E-state index contributed by atoms with van der Waals surface area (Å²) in [5, 5.41) is 7.82. The van der Waals surface area contributed by atoms with Crippen molar-refractivity contribution >= 4 is 23.7 Å². The van der Waals surface area contributed by atoms with Crippen molar-refractivity contribution in [3.8, 4) is 0 Å². The first kappa shape index (κ1) is 18.0. The van der Waals surface area contributed by atoms with Crippen LogP contribution in [0.3, 0.4) is 0 Å². The second-order valence-corrected chi connectivity index (χ2v) is 7.50. The van der Waals surface area contributed by atoms with E-state index in [9.17, 15) is 9.59 Å². The number of anilines is 2. The van der Waals surface area contributed by atoms with Crippen molar-refractivity contribution in [1.29, 1.82) is 0 Å². The molecule has 0 unspecified atom stereocenters. The van der Waals surface area contributed by atoms with E-state index in [0.29, 0.717) is 5.69 Å². The van der Waals surface area contributed by atoms with Gasteiger partial charge in [-0.3, -0.25) is 9.80 Å². The molecule has 0 bridgehead atoms. The van der Waals surface area contributed by atoms with Gasteiger partial charge in [0.25, 0.3) is 0 Å². The van der Waals surface area contributed by atoms with Crippen molar-refractivity contribution in [1.82, 2.24) is 10.2 Å². The number of hydrogen-bond acceptors (Lipinski definition) is 6. The Morgan fingerprint density at radius 1 is 0.958 bits per heavy atom. The first-order valence-corrected chi connectivity index (χ1v) is 7.81. The van der Waals surface area contributed by atoms with Gasteiger partial charge in [0, 0.05) is 13.1 Å². The van der Waals surface area contributed by atoms with Crippen molar-refractivity contribution in [2.45, 2.75) is 52.7 Å². The van der Waals surface area contributed by atoms with Crippen LogP contribution in [0.1, 0.15) is 41.5 Å². The van der Waals surface area contributed by atoms with Gasteiger partial charge in [0.15, 0.2) is 5.82 Å². The lowest BCUT2D eigenvalue weighted by Crippen LogP contribution is -2.49. The average Bonchev–Trinajstić information content (AvgIpc) is 2.42. The monoisotopic (exact) mass is 336 g/mol. The summed E-state index contributed by atoms with van der Waals surface area (Å²) in [6, 6.07) is 1.63. The molecule has 2 rings (SSSR count). The molecule has 8 heteroatoms. The van der Waals surface area contributed by atoms with Crippen LogP contribution < -0.4 is 9.80 Å². The van der Waals surface area contributed by atoms with Crippen LogP contribution in [0, 0.1) is 0 Å². The van der Waals surface area contributed by atoms with Crippen molar-refractivity contribution in [2.24, 2.45) is 0 Å². The molecule has 0 fully saturated rings. The van der Waals surface area contributed by atoms with Crippen LogP contribution in [-0.2, 0) is 9.47 Å². The Kier molecular flexibility index (Phi) is 4.68. The number of carbonyl (C=O) groups is 2. The van der Waals surface area contributed by atoms with E-state index in [1.165, 1.54) is 16.0 Å². The molecule has 2 amide bonds. The SMILES string of the molecule is CC(C)(C)OC(=O)N1CCN(C(=O)OC(C)(C)C)c2nnccc21. The molecule has 0 aliphatic carbocycles. The zero-order chi connectivity index (χ0) is 18.1. The minimum absolute atomic E-state index is 0.250. The van der Waals surface area contributed by atoms with Crippen LogP contribution in [-0.4, -0.2) is 46.7 Å². The summed E-state index contributed by atoms with van der Waals surface area (Å²) >= 11 is 0. The number of aromatic nitrogens is 2. The van der Waals surface area contributed by atoms with Crippen LogP contribution in [0.15, 0.2) is 12.3 Å². The highest BCUT2D eigenvalue weighted by Crippen LogP contribution is 2.32. The number of nitrogens with zero attached hydrogens (tertiary/aromatic N) is 4. The van der Waals surface area contributed by atoms with Gasteiger partial charge in [-0.25, -0.2) is 9.59 Å². The molecule has 0 N–H and O–H groups in total. The molecule has 0 spiro atoms. The van der Waals surface area contributed by atoms with Gasteiger partial charge in [-0.2, -0.15) is 5.10 Å². The van der Waals surface area contributed by atoms with E-state index < -0.39 is 23.4 Å². The van der Waals surface area contributed by atoms with Crippen LogP contribution >= 0.6 is 0 Å². The number of hydrogen-bond donors (Lipinski definition) is 0.